The Bertz CT molecular complexity index is 288. The molecule has 0 bridgehead atoms. The van der Waals surface area contributed by atoms with E-state index in [1.165, 1.54) is 0 Å². The predicted molar refractivity (Wildman–Crippen MR) is 46.4 cm³/mol. The minimum absolute atomic E-state index is 0.220. The highest BCUT2D eigenvalue weighted by Gasteiger charge is 2.20. The molecule has 12 heavy (non-hydrogen) atoms. The van der Waals surface area contributed by atoms with Crippen molar-refractivity contribution in [3.05, 3.63) is 18.3 Å². The molecule has 0 saturated heterocycles. The fourth-order valence-corrected chi connectivity index (χ4v) is 1.42. The Morgan fingerprint density at radius 1 is 1.75 bits per heavy atom. The van der Waals surface area contributed by atoms with Gasteiger partial charge in [-0.3, -0.25) is 0 Å². The van der Waals surface area contributed by atoms with Gasteiger partial charge in [0, 0.05) is 19.3 Å². The van der Waals surface area contributed by atoms with Crippen molar-refractivity contribution in [2.45, 2.75) is 13.0 Å². The van der Waals surface area contributed by atoms with Gasteiger partial charge in [0.25, 0.3) is 0 Å². The van der Waals surface area contributed by atoms with Gasteiger partial charge in [-0.2, -0.15) is 0 Å². The molecule has 2 rings (SSSR count). The van der Waals surface area contributed by atoms with Gasteiger partial charge in [0.1, 0.15) is 11.8 Å². The topological polar surface area (TPSA) is 25.4 Å². The number of likely N-dealkylation sites (N-methyl/N-ethyl adjacent to an activating group) is 1. The summed E-state index contributed by atoms with van der Waals surface area (Å²) in [5, 5.41) is 0. The van der Waals surface area contributed by atoms with Gasteiger partial charge in [-0.1, -0.05) is 0 Å². The summed E-state index contributed by atoms with van der Waals surface area (Å²) < 4.78 is 5.53. The molecule has 3 nitrogen and oxygen atoms in total. The van der Waals surface area contributed by atoms with Crippen LogP contribution in [0.2, 0.25) is 0 Å². The average molecular weight is 163 g/mol. The first-order valence-electron chi connectivity index (χ1n) is 4.01. The highest BCUT2D eigenvalue weighted by atomic mass is 16.5. The summed E-state index contributed by atoms with van der Waals surface area (Å²) in [6.07, 6.45) is 1.85. The van der Waals surface area contributed by atoms with Crippen LogP contribution in [0.4, 0.5) is 5.69 Å². The van der Waals surface area contributed by atoms with E-state index in [2.05, 4.69) is 16.0 Å². The Labute approximate surface area is 72.0 Å². The molecule has 1 aliphatic heterocycles. The van der Waals surface area contributed by atoms with Crippen LogP contribution in [0.25, 0.3) is 0 Å². The maximum absolute atomic E-state index is 5.53. The van der Waals surface area contributed by atoms with E-state index < -0.39 is 0 Å². The van der Waals surface area contributed by atoms with E-state index in [-0.39, 0.29) is 6.10 Å². The number of aromatic nitrogens is 1. The summed E-state index contributed by atoms with van der Waals surface area (Å²) in [6.45, 7) is 2.95. The van der Waals surface area contributed by atoms with Crippen LogP contribution in [0.3, 0.4) is 0 Å². The SMILES string of the molecule is CC1CN(C)c2c[c]cnc2O1. The standard InChI is InChI=1S/C9H11N2O/c1-7-6-11(2)8-4-3-5-10-9(8)12-7/h4-5,7H,6H2,1-2H3. The van der Waals surface area contributed by atoms with E-state index in [1.807, 2.05) is 20.0 Å². The first-order chi connectivity index (χ1) is 5.77. The molecule has 2 heterocycles. The van der Waals surface area contributed by atoms with Gasteiger partial charge in [0.05, 0.1) is 6.54 Å². The molecule has 3 heteroatoms. The van der Waals surface area contributed by atoms with E-state index in [1.54, 1.807) is 6.20 Å². The minimum Gasteiger partial charge on any atom is -0.471 e. The third-order valence-corrected chi connectivity index (χ3v) is 1.95. The van der Waals surface area contributed by atoms with Crippen LogP contribution in [0, 0.1) is 6.07 Å². The fourth-order valence-electron chi connectivity index (χ4n) is 1.42. The largest absolute Gasteiger partial charge is 0.471 e. The van der Waals surface area contributed by atoms with Gasteiger partial charge in [-0.25, -0.2) is 4.98 Å². The van der Waals surface area contributed by atoms with Crippen molar-refractivity contribution < 1.29 is 4.74 Å². The van der Waals surface area contributed by atoms with Gasteiger partial charge >= 0.3 is 0 Å². The van der Waals surface area contributed by atoms with Crippen LogP contribution in [0.5, 0.6) is 5.88 Å². The van der Waals surface area contributed by atoms with Gasteiger partial charge in [0.2, 0.25) is 5.88 Å². The Morgan fingerprint density at radius 3 is 3.42 bits per heavy atom. The monoisotopic (exact) mass is 163 g/mol. The molecule has 0 spiro atoms. The first kappa shape index (κ1) is 7.40. The zero-order valence-electron chi connectivity index (χ0n) is 7.24. The quantitative estimate of drug-likeness (QED) is 0.572. The minimum atomic E-state index is 0.220. The molecule has 1 atom stereocenters. The van der Waals surface area contributed by atoms with Crippen molar-refractivity contribution >= 4 is 5.69 Å². The second-order valence-corrected chi connectivity index (χ2v) is 3.07. The lowest BCUT2D eigenvalue weighted by atomic mass is 10.2. The van der Waals surface area contributed by atoms with Gasteiger partial charge in [-0.05, 0) is 13.0 Å². The van der Waals surface area contributed by atoms with Crippen molar-refractivity contribution in [1.29, 1.82) is 0 Å². The lowest BCUT2D eigenvalue weighted by Gasteiger charge is -2.30. The predicted octanol–water partition coefficient (Wildman–Crippen LogP) is 1.10. The number of fused-ring (bicyclic) bond motifs is 1. The molecule has 0 saturated carbocycles. The van der Waals surface area contributed by atoms with E-state index >= 15 is 0 Å². The summed E-state index contributed by atoms with van der Waals surface area (Å²) in [6, 6.07) is 4.83. The second kappa shape index (κ2) is 2.66. The Kier molecular flexibility index (Phi) is 1.64. The van der Waals surface area contributed by atoms with Crippen molar-refractivity contribution in [1.82, 2.24) is 4.98 Å². The van der Waals surface area contributed by atoms with Crippen LogP contribution in [-0.2, 0) is 0 Å². The molecule has 0 aliphatic carbocycles. The Morgan fingerprint density at radius 2 is 2.58 bits per heavy atom. The van der Waals surface area contributed by atoms with E-state index in [4.69, 9.17) is 4.74 Å². The van der Waals surface area contributed by atoms with Crippen LogP contribution >= 0.6 is 0 Å². The molecule has 1 radical (unpaired) electrons. The summed E-state index contributed by atoms with van der Waals surface area (Å²) in [7, 11) is 2.04. The molecule has 1 aliphatic rings. The smallest absolute Gasteiger partial charge is 0.237 e. The number of nitrogens with zero attached hydrogens (tertiary/aromatic N) is 2. The van der Waals surface area contributed by atoms with Gasteiger partial charge < -0.3 is 9.64 Å². The lowest BCUT2D eigenvalue weighted by Crippen LogP contribution is -2.35. The number of ether oxygens (including phenoxy) is 1. The van der Waals surface area contributed by atoms with Crippen LogP contribution in [-0.4, -0.2) is 24.7 Å². The maximum Gasteiger partial charge on any atom is 0.237 e. The van der Waals surface area contributed by atoms with Gasteiger partial charge in [0.15, 0.2) is 0 Å². The molecule has 0 aromatic carbocycles. The molecular weight excluding hydrogens is 152 g/mol. The van der Waals surface area contributed by atoms with Crippen LogP contribution < -0.4 is 9.64 Å². The lowest BCUT2D eigenvalue weighted by molar-refractivity contribution is 0.206. The van der Waals surface area contributed by atoms with Crippen LogP contribution in [0.1, 0.15) is 6.92 Å². The molecule has 1 aromatic heterocycles. The number of pyridine rings is 1. The second-order valence-electron chi connectivity index (χ2n) is 3.07. The summed E-state index contributed by atoms with van der Waals surface area (Å²) in [5.74, 6) is 0.718. The number of rotatable bonds is 0. The highest BCUT2D eigenvalue weighted by molar-refractivity contribution is 5.55. The number of hydrogen-bond acceptors (Lipinski definition) is 3. The fraction of sp³-hybridized carbons (Fsp3) is 0.444. The summed E-state index contributed by atoms with van der Waals surface area (Å²) >= 11 is 0. The number of anilines is 1. The van der Waals surface area contributed by atoms with Gasteiger partial charge in [-0.15, -0.1) is 0 Å². The zero-order valence-corrected chi connectivity index (χ0v) is 7.24. The van der Waals surface area contributed by atoms with Crippen molar-refractivity contribution in [2.24, 2.45) is 0 Å². The third kappa shape index (κ3) is 1.11. The highest BCUT2D eigenvalue weighted by Crippen LogP contribution is 2.28. The molecule has 0 N–H and O–H groups in total. The Balaban J connectivity index is 2.40. The van der Waals surface area contributed by atoms with E-state index in [9.17, 15) is 0 Å². The zero-order chi connectivity index (χ0) is 8.55. The Hall–Kier alpha value is -1.25. The van der Waals surface area contributed by atoms with E-state index in [0.717, 1.165) is 18.1 Å². The number of hydrogen-bond donors (Lipinski definition) is 0. The average Bonchev–Trinajstić information content (AvgIpc) is 2.04. The molecular formula is C9H11N2O. The maximum atomic E-state index is 5.53. The summed E-state index contributed by atoms with van der Waals surface area (Å²) in [4.78, 5) is 6.23. The van der Waals surface area contributed by atoms with Crippen LogP contribution in [0.15, 0.2) is 12.3 Å². The molecule has 0 amide bonds. The van der Waals surface area contributed by atoms with Crippen molar-refractivity contribution in [3.8, 4) is 5.88 Å². The third-order valence-electron chi connectivity index (χ3n) is 1.95. The molecule has 0 fully saturated rings. The summed E-state index contributed by atoms with van der Waals surface area (Å²) in [5.41, 5.74) is 1.02. The van der Waals surface area contributed by atoms with E-state index in [0.29, 0.717) is 0 Å². The molecule has 1 unspecified atom stereocenters. The molecule has 63 valence electrons. The van der Waals surface area contributed by atoms with Crippen molar-refractivity contribution in [2.75, 3.05) is 18.5 Å². The first-order valence-corrected chi connectivity index (χ1v) is 4.01. The van der Waals surface area contributed by atoms with Crippen molar-refractivity contribution in [3.63, 3.8) is 0 Å². The normalized spacial score (nSPS) is 21.5. The molecule has 1 aromatic rings.